The highest BCUT2D eigenvalue weighted by atomic mass is 32.1. The van der Waals surface area contributed by atoms with Crippen LogP contribution in [0.3, 0.4) is 0 Å². The minimum atomic E-state index is -0.890. The summed E-state index contributed by atoms with van der Waals surface area (Å²) in [4.78, 5) is 29.8. The summed E-state index contributed by atoms with van der Waals surface area (Å²) in [7, 11) is 0. The Labute approximate surface area is 147 Å². The number of benzene rings is 1. The second-order valence-corrected chi connectivity index (χ2v) is 7.07. The summed E-state index contributed by atoms with van der Waals surface area (Å²) < 4.78 is 6.79. The fraction of sp³-hybridized carbons (Fsp3) is 0.278. The molecule has 3 aromatic rings. The molecule has 0 saturated carbocycles. The van der Waals surface area contributed by atoms with Gasteiger partial charge in [0.2, 0.25) is 0 Å². The average molecular weight is 356 g/mol. The Balaban J connectivity index is 1.58. The van der Waals surface area contributed by atoms with Gasteiger partial charge in [-0.15, -0.1) is 11.3 Å². The lowest BCUT2D eigenvalue weighted by molar-refractivity contribution is -0.137. The summed E-state index contributed by atoms with van der Waals surface area (Å²) in [6.45, 7) is 0.563. The molecule has 7 heteroatoms. The first kappa shape index (κ1) is 15.8. The molecule has 1 amide bonds. The molecule has 0 spiro atoms. The van der Waals surface area contributed by atoms with Gasteiger partial charge in [0.25, 0.3) is 5.91 Å². The van der Waals surface area contributed by atoms with Crippen molar-refractivity contribution in [3.63, 3.8) is 0 Å². The van der Waals surface area contributed by atoms with Crippen molar-refractivity contribution < 1.29 is 19.1 Å². The Morgan fingerprint density at radius 3 is 2.92 bits per heavy atom. The standard InChI is InChI=1S/C18H16N2O4S/c21-16(22)10-11-4-3-9-20(11)18(23)14-8-7-13(24-14)17-19-12-5-1-2-6-15(12)25-17/h1-2,5-8,11H,3-4,9-10H2,(H,21,22). The van der Waals surface area contributed by atoms with Crippen molar-refractivity contribution >= 4 is 33.4 Å². The first-order valence-corrected chi connectivity index (χ1v) is 8.92. The number of thiazole rings is 1. The predicted octanol–water partition coefficient (Wildman–Crippen LogP) is 3.64. The van der Waals surface area contributed by atoms with E-state index < -0.39 is 5.97 Å². The number of nitrogens with zero attached hydrogens (tertiary/aromatic N) is 2. The number of aliphatic carboxylic acids is 1. The van der Waals surface area contributed by atoms with Crippen molar-refractivity contribution in [1.82, 2.24) is 9.88 Å². The van der Waals surface area contributed by atoms with E-state index in [0.717, 1.165) is 21.6 Å². The first-order chi connectivity index (χ1) is 12.1. The number of furan rings is 1. The van der Waals surface area contributed by atoms with E-state index in [0.29, 0.717) is 18.7 Å². The van der Waals surface area contributed by atoms with Gasteiger partial charge in [-0.25, -0.2) is 4.98 Å². The summed E-state index contributed by atoms with van der Waals surface area (Å²) in [5.41, 5.74) is 0.896. The maximum absolute atomic E-state index is 12.7. The number of aromatic nitrogens is 1. The normalized spacial score (nSPS) is 17.3. The molecule has 1 unspecified atom stereocenters. The van der Waals surface area contributed by atoms with E-state index in [9.17, 15) is 9.59 Å². The third-order valence-electron chi connectivity index (χ3n) is 4.37. The summed E-state index contributed by atoms with van der Waals surface area (Å²) in [5, 5.41) is 9.72. The van der Waals surface area contributed by atoms with Gasteiger partial charge in [-0.05, 0) is 37.1 Å². The van der Waals surface area contributed by atoms with Gasteiger partial charge in [-0.3, -0.25) is 9.59 Å². The van der Waals surface area contributed by atoms with Gasteiger partial charge in [-0.1, -0.05) is 12.1 Å². The van der Waals surface area contributed by atoms with Gasteiger partial charge in [0.05, 0.1) is 16.6 Å². The predicted molar refractivity (Wildman–Crippen MR) is 93.6 cm³/mol. The van der Waals surface area contributed by atoms with Crippen molar-refractivity contribution in [2.24, 2.45) is 0 Å². The van der Waals surface area contributed by atoms with Crippen LogP contribution in [0.1, 0.15) is 29.8 Å². The molecule has 0 aliphatic carbocycles. The fourth-order valence-electron chi connectivity index (χ4n) is 3.20. The highest BCUT2D eigenvalue weighted by molar-refractivity contribution is 7.21. The maximum Gasteiger partial charge on any atom is 0.305 e. The Hall–Kier alpha value is -2.67. The molecule has 25 heavy (non-hydrogen) atoms. The monoisotopic (exact) mass is 356 g/mol. The van der Waals surface area contributed by atoms with E-state index in [4.69, 9.17) is 9.52 Å². The molecule has 0 radical (unpaired) electrons. The molecular formula is C18H16N2O4S. The van der Waals surface area contributed by atoms with Gasteiger partial charge >= 0.3 is 5.97 Å². The summed E-state index contributed by atoms with van der Waals surface area (Å²) in [6, 6.07) is 10.9. The van der Waals surface area contributed by atoms with Gasteiger partial charge in [0.15, 0.2) is 16.5 Å². The fourth-order valence-corrected chi connectivity index (χ4v) is 4.13. The van der Waals surface area contributed by atoms with Gasteiger partial charge in [0, 0.05) is 12.6 Å². The van der Waals surface area contributed by atoms with Crippen molar-refractivity contribution in [1.29, 1.82) is 0 Å². The third-order valence-corrected chi connectivity index (χ3v) is 5.42. The Morgan fingerprint density at radius 1 is 1.28 bits per heavy atom. The van der Waals surface area contributed by atoms with E-state index in [1.807, 2.05) is 24.3 Å². The van der Waals surface area contributed by atoms with Gasteiger partial charge < -0.3 is 14.4 Å². The van der Waals surface area contributed by atoms with Crippen LogP contribution in [0.5, 0.6) is 0 Å². The van der Waals surface area contributed by atoms with Crippen LogP contribution < -0.4 is 0 Å². The second-order valence-electron chi connectivity index (χ2n) is 6.04. The third kappa shape index (κ3) is 3.02. The first-order valence-electron chi connectivity index (χ1n) is 8.10. The maximum atomic E-state index is 12.7. The lowest BCUT2D eigenvalue weighted by atomic mass is 10.1. The number of fused-ring (bicyclic) bond motifs is 1. The molecule has 4 rings (SSSR count). The Kier molecular flexibility index (Phi) is 4.01. The second kappa shape index (κ2) is 6.33. The highest BCUT2D eigenvalue weighted by Crippen LogP contribution is 2.32. The van der Waals surface area contributed by atoms with Gasteiger partial charge in [0.1, 0.15) is 0 Å². The number of hydrogen-bond acceptors (Lipinski definition) is 5. The van der Waals surface area contributed by atoms with Crippen LogP contribution in [-0.4, -0.2) is 39.5 Å². The van der Waals surface area contributed by atoms with Crippen molar-refractivity contribution in [2.45, 2.75) is 25.3 Å². The molecule has 1 fully saturated rings. The Bertz CT molecular complexity index is 912. The molecule has 1 atom stereocenters. The Morgan fingerprint density at radius 2 is 2.12 bits per heavy atom. The topological polar surface area (TPSA) is 83.6 Å². The summed E-state index contributed by atoms with van der Waals surface area (Å²) >= 11 is 1.51. The zero-order chi connectivity index (χ0) is 17.4. The van der Waals surface area contributed by atoms with E-state index in [-0.39, 0.29) is 24.1 Å². The zero-order valence-corrected chi connectivity index (χ0v) is 14.2. The lowest BCUT2D eigenvalue weighted by Crippen LogP contribution is -2.36. The van der Waals surface area contributed by atoms with E-state index >= 15 is 0 Å². The molecule has 1 aromatic carbocycles. The SMILES string of the molecule is O=C(O)CC1CCCN1C(=O)c1ccc(-c2nc3ccccc3s2)o1. The minimum absolute atomic E-state index is 0.0306. The quantitative estimate of drug-likeness (QED) is 0.772. The molecule has 128 valence electrons. The van der Waals surface area contributed by atoms with Crippen LogP contribution in [0.15, 0.2) is 40.8 Å². The van der Waals surface area contributed by atoms with Crippen molar-refractivity contribution in [3.05, 3.63) is 42.2 Å². The number of carbonyl (C=O) groups excluding carboxylic acids is 1. The average Bonchev–Trinajstić information content (AvgIpc) is 3.32. The number of likely N-dealkylation sites (tertiary alicyclic amines) is 1. The number of rotatable bonds is 4. The molecule has 0 bridgehead atoms. The number of para-hydroxylation sites is 1. The number of hydrogen-bond donors (Lipinski definition) is 1. The lowest BCUT2D eigenvalue weighted by Gasteiger charge is -2.22. The van der Waals surface area contributed by atoms with Crippen molar-refractivity contribution in [3.8, 4) is 10.8 Å². The van der Waals surface area contributed by atoms with Crippen LogP contribution in [0.4, 0.5) is 0 Å². The van der Waals surface area contributed by atoms with Crippen LogP contribution in [0.2, 0.25) is 0 Å². The smallest absolute Gasteiger partial charge is 0.305 e. The molecule has 2 aromatic heterocycles. The van der Waals surface area contributed by atoms with E-state index in [1.165, 1.54) is 11.3 Å². The van der Waals surface area contributed by atoms with E-state index in [1.54, 1.807) is 17.0 Å². The van der Waals surface area contributed by atoms with Gasteiger partial charge in [-0.2, -0.15) is 0 Å². The number of carboxylic acid groups (broad SMARTS) is 1. The molecule has 1 aliphatic heterocycles. The molecule has 1 saturated heterocycles. The number of amides is 1. The number of carbonyl (C=O) groups is 2. The van der Waals surface area contributed by atoms with Crippen LogP contribution >= 0.6 is 11.3 Å². The zero-order valence-electron chi connectivity index (χ0n) is 13.3. The van der Waals surface area contributed by atoms with Crippen LogP contribution in [0.25, 0.3) is 21.0 Å². The largest absolute Gasteiger partial charge is 0.481 e. The van der Waals surface area contributed by atoms with Crippen molar-refractivity contribution in [2.75, 3.05) is 6.54 Å². The number of carboxylic acids is 1. The molecular weight excluding hydrogens is 340 g/mol. The van der Waals surface area contributed by atoms with E-state index in [2.05, 4.69) is 4.98 Å². The minimum Gasteiger partial charge on any atom is -0.481 e. The molecule has 6 nitrogen and oxygen atoms in total. The molecule has 3 heterocycles. The van der Waals surface area contributed by atoms with Crippen LogP contribution in [-0.2, 0) is 4.79 Å². The summed E-state index contributed by atoms with van der Waals surface area (Å²) in [6.07, 6.45) is 1.50. The molecule has 1 N–H and O–H groups in total. The highest BCUT2D eigenvalue weighted by Gasteiger charge is 2.32. The van der Waals surface area contributed by atoms with Crippen LogP contribution in [0, 0.1) is 0 Å². The summed E-state index contributed by atoms with van der Waals surface area (Å²) in [5.74, 6) is -0.361. The molecule has 1 aliphatic rings.